The van der Waals surface area contributed by atoms with Crippen LogP contribution in [-0.2, 0) is 0 Å². The Kier molecular flexibility index (Phi) is 8.19. The molecule has 0 unspecified atom stereocenters. The second-order valence-electron chi connectivity index (χ2n) is 14.9. The van der Waals surface area contributed by atoms with Gasteiger partial charge in [-0.05, 0) is 103 Å². The van der Waals surface area contributed by atoms with Crippen LogP contribution in [0.5, 0.6) is 0 Å². The van der Waals surface area contributed by atoms with Gasteiger partial charge in [0.1, 0.15) is 5.58 Å². The molecule has 0 atom stereocenters. The van der Waals surface area contributed by atoms with E-state index < -0.39 is 0 Å². The van der Waals surface area contributed by atoms with Crippen LogP contribution in [0.15, 0.2) is 229 Å². The first-order chi connectivity index (χ1) is 28.8. The third kappa shape index (κ3) is 5.82. The first kappa shape index (κ1) is 33.6. The first-order valence-electron chi connectivity index (χ1n) is 19.8. The van der Waals surface area contributed by atoms with Gasteiger partial charge in [0.05, 0.1) is 5.69 Å². The standard InChI is InChI=1S/C56H37NO/c1-4-13-38(14-5-1)39-25-30-46(31-26-39)57(47-32-27-40(28-33-47)44-29-34-49-45(37-44)24-23-43-19-10-11-20-48(43)49)53-22-12-21-52-54-50(41-15-6-2-7-16-41)35-36-51(56(54)58-55(52)53)42-17-8-3-9-18-42/h1-37H. The van der Waals surface area contributed by atoms with Crippen molar-refractivity contribution in [2.45, 2.75) is 0 Å². The summed E-state index contributed by atoms with van der Waals surface area (Å²) < 4.78 is 7.17. The molecule has 2 heteroatoms. The lowest BCUT2D eigenvalue weighted by Crippen LogP contribution is -2.10. The summed E-state index contributed by atoms with van der Waals surface area (Å²) in [5.74, 6) is 0. The molecule has 10 aromatic carbocycles. The number of anilines is 3. The van der Waals surface area contributed by atoms with Gasteiger partial charge in [-0.3, -0.25) is 0 Å². The van der Waals surface area contributed by atoms with Crippen LogP contribution in [-0.4, -0.2) is 0 Å². The Morgan fingerprint density at radius 2 is 0.793 bits per heavy atom. The summed E-state index contributed by atoms with van der Waals surface area (Å²) >= 11 is 0. The van der Waals surface area contributed by atoms with Gasteiger partial charge in [-0.15, -0.1) is 0 Å². The third-order valence-electron chi connectivity index (χ3n) is 11.5. The molecule has 11 aromatic rings. The average Bonchev–Trinajstić information content (AvgIpc) is 3.71. The smallest absolute Gasteiger partial charge is 0.159 e. The summed E-state index contributed by atoms with van der Waals surface area (Å²) in [6.45, 7) is 0. The van der Waals surface area contributed by atoms with E-state index in [1.807, 2.05) is 0 Å². The van der Waals surface area contributed by atoms with Crippen LogP contribution in [0.4, 0.5) is 17.1 Å². The lowest BCUT2D eigenvalue weighted by molar-refractivity contribution is 0.670. The van der Waals surface area contributed by atoms with Crippen molar-refractivity contribution in [1.82, 2.24) is 0 Å². The van der Waals surface area contributed by atoms with Crippen molar-refractivity contribution < 1.29 is 4.42 Å². The quantitative estimate of drug-likeness (QED) is 0.151. The molecule has 0 saturated heterocycles. The number of hydrogen-bond acceptors (Lipinski definition) is 2. The Morgan fingerprint density at radius 3 is 1.48 bits per heavy atom. The average molecular weight is 740 g/mol. The van der Waals surface area contributed by atoms with E-state index in [2.05, 4.69) is 229 Å². The molecule has 0 aliphatic carbocycles. The minimum absolute atomic E-state index is 0.844. The van der Waals surface area contributed by atoms with E-state index in [4.69, 9.17) is 4.42 Å². The maximum Gasteiger partial charge on any atom is 0.159 e. The minimum Gasteiger partial charge on any atom is -0.453 e. The van der Waals surface area contributed by atoms with Gasteiger partial charge in [-0.2, -0.15) is 0 Å². The Morgan fingerprint density at radius 1 is 0.293 bits per heavy atom. The third-order valence-corrected chi connectivity index (χ3v) is 11.5. The molecule has 0 spiro atoms. The molecule has 0 amide bonds. The van der Waals surface area contributed by atoms with Crippen molar-refractivity contribution in [1.29, 1.82) is 0 Å². The summed E-state index contributed by atoms with van der Waals surface area (Å²) in [6, 6.07) is 80.4. The Hall–Kier alpha value is -7.68. The van der Waals surface area contributed by atoms with Crippen LogP contribution in [0.1, 0.15) is 0 Å². The molecule has 0 aliphatic heterocycles. The number of furan rings is 1. The molecule has 0 N–H and O–H groups in total. The number of rotatable bonds is 7. The molecule has 0 aliphatic rings. The molecule has 2 nitrogen and oxygen atoms in total. The van der Waals surface area contributed by atoms with Crippen LogP contribution in [0.3, 0.4) is 0 Å². The molecular weight excluding hydrogens is 703 g/mol. The number of para-hydroxylation sites is 1. The molecule has 0 fully saturated rings. The SMILES string of the molecule is c1ccc(-c2ccc(N(c3ccc(-c4ccc5c(ccc6ccccc65)c4)cc3)c3cccc4c3oc3c(-c5ccccc5)ccc(-c5ccccc5)c34)cc2)cc1. The molecule has 1 aromatic heterocycles. The fraction of sp³-hybridized carbons (Fsp3) is 0. The van der Waals surface area contributed by atoms with Crippen molar-refractivity contribution in [3.8, 4) is 44.5 Å². The lowest BCUT2D eigenvalue weighted by Gasteiger charge is -2.26. The summed E-state index contributed by atoms with van der Waals surface area (Å²) in [7, 11) is 0. The van der Waals surface area contributed by atoms with Crippen molar-refractivity contribution in [3.63, 3.8) is 0 Å². The zero-order valence-corrected chi connectivity index (χ0v) is 31.7. The van der Waals surface area contributed by atoms with Gasteiger partial charge >= 0.3 is 0 Å². The van der Waals surface area contributed by atoms with Crippen LogP contribution in [0, 0.1) is 0 Å². The van der Waals surface area contributed by atoms with Crippen LogP contribution in [0.25, 0.3) is 88.0 Å². The Bertz CT molecular complexity index is 3240. The number of benzene rings is 10. The number of nitrogens with zero attached hydrogens (tertiary/aromatic N) is 1. The largest absolute Gasteiger partial charge is 0.453 e. The molecule has 272 valence electrons. The summed E-state index contributed by atoms with van der Waals surface area (Å²) in [5.41, 5.74) is 14.0. The lowest BCUT2D eigenvalue weighted by atomic mass is 9.94. The monoisotopic (exact) mass is 739 g/mol. The molecule has 0 saturated carbocycles. The second kappa shape index (κ2) is 14.1. The van der Waals surface area contributed by atoms with Gasteiger partial charge in [0, 0.05) is 27.7 Å². The molecular formula is C56H37NO. The van der Waals surface area contributed by atoms with E-state index in [0.717, 1.165) is 61.3 Å². The Balaban J connectivity index is 1.09. The van der Waals surface area contributed by atoms with Gasteiger partial charge in [-0.25, -0.2) is 0 Å². The fourth-order valence-corrected chi connectivity index (χ4v) is 8.62. The summed E-state index contributed by atoms with van der Waals surface area (Å²) in [4.78, 5) is 2.33. The maximum atomic E-state index is 7.17. The van der Waals surface area contributed by atoms with Crippen LogP contribution in [0.2, 0.25) is 0 Å². The summed E-state index contributed by atoms with van der Waals surface area (Å²) in [6.07, 6.45) is 0. The topological polar surface area (TPSA) is 16.4 Å². The molecule has 0 radical (unpaired) electrons. The van der Waals surface area contributed by atoms with Gasteiger partial charge in [-0.1, -0.05) is 182 Å². The van der Waals surface area contributed by atoms with Gasteiger partial charge in [0.15, 0.2) is 5.58 Å². The van der Waals surface area contributed by atoms with Gasteiger partial charge in [0.2, 0.25) is 0 Å². The zero-order chi connectivity index (χ0) is 38.4. The maximum absolute atomic E-state index is 7.17. The zero-order valence-electron chi connectivity index (χ0n) is 31.7. The van der Waals surface area contributed by atoms with E-state index in [1.54, 1.807) is 0 Å². The van der Waals surface area contributed by atoms with E-state index in [-0.39, 0.29) is 0 Å². The van der Waals surface area contributed by atoms with E-state index >= 15 is 0 Å². The highest BCUT2D eigenvalue weighted by Crippen LogP contribution is 2.47. The van der Waals surface area contributed by atoms with Gasteiger partial charge < -0.3 is 9.32 Å². The van der Waals surface area contributed by atoms with Crippen molar-refractivity contribution in [3.05, 3.63) is 224 Å². The second-order valence-corrected chi connectivity index (χ2v) is 14.9. The highest BCUT2D eigenvalue weighted by molar-refractivity contribution is 6.19. The van der Waals surface area contributed by atoms with E-state index in [0.29, 0.717) is 0 Å². The van der Waals surface area contributed by atoms with Crippen molar-refractivity contribution in [2.75, 3.05) is 4.90 Å². The van der Waals surface area contributed by atoms with E-state index in [1.165, 1.54) is 43.8 Å². The fourth-order valence-electron chi connectivity index (χ4n) is 8.62. The van der Waals surface area contributed by atoms with Crippen LogP contribution < -0.4 is 4.90 Å². The highest BCUT2D eigenvalue weighted by Gasteiger charge is 2.23. The minimum atomic E-state index is 0.844. The Labute approximate surface area is 337 Å². The van der Waals surface area contributed by atoms with Gasteiger partial charge in [0.25, 0.3) is 0 Å². The van der Waals surface area contributed by atoms with Crippen LogP contribution >= 0.6 is 0 Å². The van der Waals surface area contributed by atoms with Crippen molar-refractivity contribution >= 4 is 60.5 Å². The number of hydrogen-bond donors (Lipinski definition) is 0. The van der Waals surface area contributed by atoms with E-state index in [9.17, 15) is 0 Å². The predicted octanol–water partition coefficient (Wildman–Crippen LogP) is 16.0. The number of fused-ring (bicyclic) bond motifs is 6. The molecule has 58 heavy (non-hydrogen) atoms. The molecule has 11 rings (SSSR count). The highest BCUT2D eigenvalue weighted by atomic mass is 16.3. The summed E-state index contributed by atoms with van der Waals surface area (Å²) in [5, 5.41) is 7.24. The normalized spacial score (nSPS) is 11.4. The first-order valence-corrected chi connectivity index (χ1v) is 19.8. The van der Waals surface area contributed by atoms with Crippen molar-refractivity contribution in [2.24, 2.45) is 0 Å². The molecule has 1 heterocycles. The predicted molar refractivity (Wildman–Crippen MR) is 245 cm³/mol. The molecule has 0 bridgehead atoms.